The molecule has 1 amide bonds. The van der Waals surface area contributed by atoms with E-state index in [2.05, 4.69) is 11.0 Å². The molecule has 1 saturated heterocycles. The van der Waals surface area contributed by atoms with Crippen molar-refractivity contribution in [2.24, 2.45) is 0 Å². The van der Waals surface area contributed by atoms with Crippen LogP contribution in [0.1, 0.15) is 49.7 Å². The number of benzene rings is 1. The second kappa shape index (κ2) is 5.13. The lowest BCUT2D eigenvalue weighted by atomic mass is 9.79. The summed E-state index contributed by atoms with van der Waals surface area (Å²) in [4.78, 5) is 26.5. The molecule has 0 bridgehead atoms. The summed E-state index contributed by atoms with van der Waals surface area (Å²) in [5, 5.41) is 0. The highest BCUT2D eigenvalue weighted by Crippen LogP contribution is 2.56. The van der Waals surface area contributed by atoms with Crippen molar-refractivity contribution in [3.05, 3.63) is 23.3 Å². The van der Waals surface area contributed by atoms with E-state index in [1.165, 1.54) is 6.92 Å². The molecule has 25 heavy (non-hydrogen) atoms. The first-order valence-electron chi connectivity index (χ1n) is 8.97. The maximum atomic E-state index is 13.0. The zero-order chi connectivity index (χ0) is 17.2. The normalized spacial score (nSPS) is 32.0. The molecule has 1 spiro atoms. The summed E-state index contributed by atoms with van der Waals surface area (Å²) in [5.74, 6) is 1.57. The summed E-state index contributed by atoms with van der Waals surface area (Å²) in [6, 6.07) is 4.01. The molecule has 1 saturated carbocycles. The van der Waals surface area contributed by atoms with Crippen LogP contribution in [0.15, 0.2) is 12.1 Å². The molecule has 0 N–H and O–H groups in total. The molecule has 4 aliphatic rings. The van der Waals surface area contributed by atoms with Crippen LogP contribution in [-0.2, 0) is 20.7 Å². The lowest BCUT2D eigenvalue weighted by Crippen LogP contribution is -2.48. The molecular formula is C19H21NO5. The van der Waals surface area contributed by atoms with Gasteiger partial charge in [-0.3, -0.25) is 9.59 Å². The zero-order valence-corrected chi connectivity index (χ0v) is 14.2. The fourth-order valence-corrected chi connectivity index (χ4v) is 5.43. The molecule has 0 aromatic heterocycles. The highest BCUT2D eigenvalue weighted by atomic mass is 16.7. The number of fused-ring (bicyclic) bond motifs is 3. The van der Waals surface area contributed by atoms with Crippen LogP contribution in [0.5, 0.6) is 11.5 Å². The fourth-order valence-electron chi connectivity index (χ4n) is 5.43. The minimum atomic E-state index is -0.250. The molecule has 1 aromatic rings. The predicted octanol–water partition coefficient (Wildman–Crippen LogP) is 2.14. The second-order valence-corrected chi connectivity index (χ2v) is 7.56. The van der Waals surface area contributed by atoms with Crippen LogP contribution in [-0.4, -0.2) is 41.8 Å². The Balaban J connectivity index is 1.63. The predicted molar refractivity (Wildman–Crippen MR) is 87.5 cm³/mol. The Bertz CT molecular complexity index is 775. The monoisotopic (exact) mass is 343 g/mol. The van der Waals surface area contributed by atoms with Crippen molar-refractivity contribution in [1.29, 1.82) is 0 Å². The van der Waals surface area contributed by atoms with Gasteiger partial charge in [0.05, 0.1) is 12.0 Å². The first kappa shape index (κ1) is 15.0. The molecule has 2 fully saturated rings. The number of rotatable bonds is 1. The Morgan fingerprint density at radius 3 is 2.92 bits per heavy atom. The van der Waals surface area contributed by atoms with Gasteiger partial charge in [0, 0.05) is 25.8 Å². The minimum Gasteiger partial charge on any atom is -0.462 e. The van der Waals surface area contributed by atoms with Crippen LogP contribution >= 0.6 is 0 Å². The summed E-state index contributed by atoms with van der Waals surface area (Å²) in [6.07, 6.45) is 3.74. The molecule has 3 atom stereocenters. The van der Waals surface area contributed by atoms with Gasteiger partial charge in [-0.05, 0) is 42.5 Å². The van der Waals surface area contributed by atoms with Gasteiger partial charge in [-0.25, -0.2) is 0 Å². The number of hydrogen-bond donors (Lipinski definition) is 0. The molecule has 5 rings (SSSR count). The number of esters is 1. The Labute approximate surface area is 146 Å². The highest BCUT2D eigenvalue weighted by molar-refractivity contribution is 5.82. The summed E-state index contributed by atoms with van der Waals surface area (Å²) < 4.78 is 16.6. The molecule has 6 nitrogen and oxygen atoms in total. The maximum Gasteiger partial charge on any atom is 0.302 e. The summed E-state index contributed by atoms with van der Waals surface area (Å²) >= 11 is 0. The molecule has 3 aliphatic heterocycles. The quantitative estimate of drug-likeness (QED) is 0.731. The van der Waals surface area contributed by atoms with E-state index in [9.17, 15) is 9.59 Å². The van der Waals surface area contributed by atoms with E-state index in [-0.39, 0.29) is 36.2 Å². The number of amides is 1. The van der Waals surface area contributed by atoms with Gasteiger partial charge in [0.2, 0.25) is 12.7 Å². The zero-order valence-electron chi connectivity index (χ0n) is 14.2. The first-order chi connectivity index (χ1) is 12.1. The van der Waals surface area contributed by atoms with Gasteiger partial charge in [-0.15, -0.1) is 0 Å². The van der Waals surface area contributed by atoms with Crippen molar-refractivity contribution >= 4 is 11.9 Å². The topological polar surface area (TPSA) is 65.1 Å². The maximum absolute atomic E-state index is 13.0. The largest absolute Gasteiger partial charge is 0.462 e. The fraction of sp³-hybridized carbons (Fsp3) is 0.579. The number of ether oxygens (including phenoxy) is 3. The summed E-state index contributed by atoms with van der Waals surface area (Å²) in [7, 11) is 0. The van der Waals surface area contributed by atoms with Gasteiger partial charge in [-0.2, -0.15) is 0 Å². The number of nitrogens with zero attached hydrogens (tertiary/aromatic N) is 1. The third kappa shape index (κ3) is 2.09. The SMILES string of the molecule is CC(=O)O[C@H]1C[C@H]2c3cc4c(cc3CC(=O)N3CCC[C@]23C1)OCO4. The summed E-state index contributed by atoms with van der Waals surface area (Å²) in [6.45, 7) is 2.47. The number of carbonyl (C=O) groups is 2. The Morgan fingerprint density at radius 2 is 2.12 bits per heavy atom. The van der Waals surface area contributed by atoms with E-state index in [1.54, 1.807) is 0 Å². The van der Waals surface area contributed by atoms with Gasteiger partial charge >= 0.3 is 5.97 Å². The summed E-state index contributed by atoms with van der Waals surface area (Å²) in [5.41, 5.74) is 1.96. The van der Waals surface area contributed by atoms with Gasteiger partial charge in [-0.1, -0.05) is 0 Å². The van der Waals surface area contributed by atoms with E-state index < -0.39 is 0 Å². The third-order valence-corrected chi connectivity index (χ3v) is 6.24. The van der Waals surface area contributed by atoms with Crippen LogP contribution < -0.4 is 9.47 Å². The van der Waals surface area contributed by atoms with Gasteiger partial charge in [0.1, 0.15) is 6.10 Å². The van der Waals surface area contributed by atoms with Crippen LogP contribution in [0.3, 0.4) is 0 Å². The molecule has 0 unspecified atom stereocenters. The van der Waals surface area contributed by atoms with Crippen molar-refractivity contribution in [3.8, 4) is 11.5 Å². The van der Waals surface area contributed by atoms with Crippen LogP contribution in [0, 0.1) is 0 Å². The van der Waals surface area contributed by atoms with Crippen LogP contribution in [0.4, 0.5) is 0 Å². The molecule has 1 aromatic carbocycles. The number of hydrogen-bond acceptors (Lipinski definition) is 5. The van der Waals surface area contributed by atoms with Crippen molar-refractivity contribution in [2.45, 2.75) is 56.6 Å². The highest BCUT2D eigenvalue weighted by Gasteiger charge is 2.57. The molecular weight excluding hydrogens is 322 g/mol. The van der Waals surface area contributed by atoms with Gasteiger partial charge < -0.3 is 19.1 Å². The molecule has 132 valence electrons. The lowest BCUT2D eigenvalue weighted by Gasteiger charge is -2.38. The molecule has 6 heteroatoms. The van der Waals surface area contributed by atoms with E-state index in [0.29, 0.717) is 6.42 Å². The van der Waals surface area contributed by atoms with Crippen molar-refractivity contribution in [3.63, 3.8) is 0 Å². The first-order valence-corrected chi connectivity index (χ1v) is 8.97. The Hall–Kier alpha value is -2.24. The van der Waals surface area contributed by atoms with Crippen molar-refractivity contribution in [2.75, 3.05) is 13.3 Å². The molecule has 1 aliphatic carbocycles. The molecule has 0 radical (unpaired) electrons. The van der Waals surface area contributed by atoms with E-state index in [4.69, 9.17) is 14.2 Å². The lowest BCUT2D eigenvalue weighted by molar-refractivity contribution is -0.146. The van der Waals surface area contributed by atoms with Crippen LogP contribution in [0.2, 0.25) is 0 Å². The Kier molecular flexibility index (Phi) is 3.09. The van der Waals surface area contributed by atoms with Crippen molar-refractivity contribution in [1.82, 2.24) is 4.90 Å². The average Bonchev–Trinajstić information content (AvgIpc) is 3.24. The second-order valence-electron chi connectivity index (χ2n) is 7.56. The van der Waals surface area contributed by atoms with Crippen LogP contribution in [0.25, 0.3) is 0 Å². The average molecular weight is 343 g/mol. The van der Waals surface area contributed by atoms with E-state index in [1.807, 2.05) is 6.07 Å². The Morgan fingerprint density at radius 1 is 1.32 bits per heavy atom. The van der Waals surface area contributed by atoms with E-state index >= 15 is 0 Å². The third-order valence-electron chi connectivity index (χ3n) is 6.24. The molecule has 3 heterocycles. The van der Waals surface area contributed by atoms with E-state index in [0.717, 1.165) is 54.9 Å². The van der Waals surface area contributed by atoms with Gasteiger partial charge in [0.25, 0.3) is 0 Å². The standard InChI is InChI=1S/C19H21NO5/c1-11(21)25-13-7-15-14-8-17-16(23-10-24-17)5-12(14)6-18(22)20-4-2-3-19(15,20)9-13/h5,8,13,15H,2-4,6-7,9-10H2,1H3/t13-,15-,19-/m0/s1. The van der Waals surface area contributed by atoms with Gasteiger partial charge in [0.15, 0.2) is 11.5 Å². The van der Waals surface area contributed by atoms with Crippen molar-refractivity contribution < 1.29 is 23.8 Å². The minimum absolute atomic E-state index is 0.132. The number of carbonyl (C=O) groups excluding carboxylic acids is 2. The smallest absolute Gasteiger partial charge is 0.302 e.